The fourth-order valence-electron chi connectivity index (χ4n) is 3.30. The van der Waals surface area contributed by atoms with Crippen molar-refractivity contribution in [3.05, 3.63) is 0 Å². The van der Waals surface area contributed by atoms with Crippen LogP contribution in [0.15, 0.2) is 0 Å². The Balaban J connectivity index is -0.000000390. The number of carbonyl (C=O) groups excluding carboxylic acids is 2. The summed E-state index contributed by atoms with van der Waals surface area (Å²) in [6.45, 7) is 11.2. The van der Waals surface area contributed by atoms with Crippen molar-refractivity contribution in [3.63, 3.8) is 0 Å². The molecule has 0 saturated heterocycles. The van der Waals surface area contributed by atoms with Gasteiger partial charge in [-0.1, -0.05) is 52.4 Å². The van der Waals surface area contributed by atoms with Crippen LogP contribution in [0, 0.1) is 0 Å². The average Bonchev–Trinajstić information content (AvgIpc) is 2.74. The number of carboxylic acid groups (broad SMARTS) is 2. The van der Waals surface area contributed by atoms with E-state index in [4.69, 9.17) is 0 Å². The summed E-state index contributed by atoms with van der Waals surface area (Å²) in [4.78, 5) is 19.7. The van der Waals surface area contributed by atoms with Crippen molar-refractivity contribution >= 4 is 31.7 Å². The second-order valence-corrected chi connectivity index (χ2v) is 18.5. The van der Waals surface area contributed by atoms with Gasteiger partial charge in [-0.3, -0.25) is 0 Å². The molecule has 0 aliphatic heterocycles. The number of carboxylic acids is 2. The summed E-state index contributed by atoms with van der Waals surface area (Å²) in [7, 11) is 0. The number of hydrogen-bond donors (Lipinski definition) is 0. The molecular formula is C26H54O4Sn. The van der Waals surface area contributed by atoms with E-state index in [9.17, 15) is 19.8 Å². The molecular weight excluding hydrogens is 495 g/mol. The van der Waals surface area contributed by atoms with E-state index in [0.29, 0.717) is 0 Å². The molecule has 0 N–H and O–H groups in total. The van der Waals surface area contributed by atoms with Gasteiger partial charge in [-0.2, -0.15) is 0 Å². The zero-order chi connectivity index (χ0) is 24.2. The Morgan fingerprint density at radius 1 is 0.484 bits per heavy atom. The van der Waals surface area contributed by atoms with Gasteiger partial charge in [0.2, 0.25) is 0 Å². The minimum absolute atomic E-state index is 0.222. The number of hydrogen-bond acceptors (Lipinski definition) is 4. The van der Waals surface area contributed by atoms with Crippen LogP contribution in [0.5, 0.6) is 0 Å². The summed E-state index contributed by atoms with van der Waals surface area (Å²) < 4.78 is 5.08. The Hall–Kier alpha value is -0.261. The van der Waals surface area contributed by atoms with Gasteiger partial charge in [-0.25, -0.2) is 0 Å². The Morgan fingerprint density at radius 3 is 1.00 bits per heavy atom. The van der Waals surface area contributed by atoms with Gasteiger partial charge < -0.3 is 19.8 Å². The normalized spacial score (nSPS) is 10.1. The maximum absolute atomic E-state index is 9.85. The molecule has 0 aliphatic carbocycles. The van der Waals surface area contributed by atoms with Crippen molar-refractivity contribution < 1.29 is 19.8 Å². The van der Waals surface area contributed by atoms with Crippen molar-refractivity contribution in [1.29, 1.82) is 0 Å². The molecule has 186 valence electrons. The molecule has 0 bridgehead atoms. The SMILES string of the molecule is CCCCCCC(=O)[O-].CCCCCCC(=O)[O-].CCC[CH2][SnH+2]([CH2]CCC)[CH2]CCC. The molecule has 31 heavy (non-hydrogen) atoms. The topological polar surface area (TPSA) is 80.3 Å². The molecule has 0 unspecified atom stereocenters. The first-order chi connectivity index (χ1) is 14.9. The van der Waals surface area contributed by atoms with Crippen molar-refractivity contribution in [2.24, 2.45) is 0 Å². The number of unbranched alkanes of at least 4 members (excludes halogenated alkanes) is 9. The van der Waals surface area contributed by atoms with Crippen LogP contribution in [0.1, 0.15) is 137 Å². The second kappa shape index (κ2) is 31.9. The van der Waals surface area contributed by atoms with Gasteiger partial charge in [0.05, 0.1) is 0 Å². The number of carbonyl (C=O) groups is 2. The molecule has 0 rings (SSSR count). The van der Waals surface area contributed by atoms with E-state index in [1.807, 2.05) is 0 Å². The van der Waals surface area contributed by atoms with Gasteiger partial charge >= 0.3 is 92.4 Å². The van der Waals surface area contributed by atoms with Gasteiger partial charge in [-0.05, 0) is 25.7 Å². The summed E-state index contributed by atoms with van der Waals surface area (Å²) in [6, 6.07) is 0. The molecule has 0 amide bonds. The zero-order valence-electron chi connectivity index (χ0n) is 21.6. The summed E-state index contributed by atoms with van der Waals surface area (Å²) in [5.41, 5.74) is 0. The first-order valence-electron chi connectivity index (χ1n) is 13.3. The van der Waals surface area contributed by atoms with Crippen LogP contribution in [-0.2, 0) is 9.59 Å². The molecule has 0 heterocycles. The summed E-state index contributed by atoms with van der Waals surface area (Å²) in [5.74, 6) is -1.85. The van der Waals surface area contributed by atoms with E-state index >= 15 is 0 Å². The van der Waals surface area contributed by atoms with Gasteiger partial charge in [-0.15, -0.1) is 0 Å². The fourth-order valence-corrected chi connectivity index (χ4v) is 14.2. The Labute approximate surface area is 201 Å². The van der Waals surface area contributed by atoms with Crippen LogP contribution in [-0.4, -0.2) is 31.7 Å². The molecule has 0 aromatic rings. The fraction of sp³-hybridized carbons (Fsp3) is 0.923. The summed E-state index contributed by atoms with van der Waals surface area (Å²) >= 11 is -0.967. The van der Waals surface area contributed by atoms with Crippen LogP contribution >= 0.6 is 0 Å². The molecule has 0 fully saturated rings. The predicted molar refractivity (Wildman–Crippen MR) is 134 cm³/mol. The molecule has 0 aliphatic rings. The van der Waals surface area contributed by atoms with E-state index in [2.05, 4.69) is 34.6 Å². The molecule has 5 heteroatoms. The van der Waals surface area contributed by atoms with Gasteiger partial charge in [0.25, 0.3) is 0 Å². The third kappa shape index (κ3) is 40.6. The number of rotatable bonds is 19. The van der Waals surface area contributed by atoms with Crippen molar-refractivity contribution in [3.8, 4) is 0 Å². The zero-order valence-corrected chi connectivity index (χ0v) is 24.9. The van der Waals surface area contributed by atoms with E-state index in [0.717, 1.165) is 51.4 Å². The van der Waals surface area contributed by atoms with Gasteiger partial charge in [0, 0.05) is 11.9 Å². The minimum atomic E-state index is -0.967. The summed E-state index contributed by atoms with van der Waals surface area (Å²) in [6.07, 6.45) is 17.5. The quantitative estimate of drug-likeness (QED) is 0.146. The van der Waals surface area contributed by atoms with Crippen molar-refractivity contribution in [1.82, 2.24) is 0 Å². The maximum atomic E-state index is 9.85. The monoisotopic (exact) mass is 550 g/mol. The molecule has 0 aromatic heterocycles. The van der Waals surface area contributed by atoms with E-state index in [-0.39, 0.29) is 12.8 Å². The average molecular weight is 549 g/mol. The van der Waals surface area contributed by atoms with Crippen LogP contribution < -0.4 is 10.2 Å². The molecule has 0 aromatic carbocycles. The van der Waals surface area contributed by atoms with Crippen LogP contribution in [0.4, 0.5) is 0 Å². The molecule has 4 nitrogen and oxygen atoms in total. The van der Waals surface area contributed by atoms with Crippen LogP contribution in [0.3, 0.4) is 0 Å². The van der Waals surface area contributed by atoms with Gasteiger partial charge in [0.15, 0.2) is 0 Å². The molecule has 0 atom stereocenters. The Kier molecular flexibility index (Phi) is 36.4. The predicted octanol–water partition coefficient (Wildman–Crippen LogP) is 6.03. The van der Waals surface area contributed by atoms with E-state index < -0.39 is 31.7 Å². The first-order valence-corrected chi connectivity index (χ1v) is 20.3. The van der Waals surface area contributed by atoms with Crippen molar-refractivity contribution in [2.45, 2.75) is 151 Å². The van der Waals surface area contributed by atoms with Crippen molar-refractivity contribution in [2.75, 3.05) is 0 Å². The third-order valence-electron chi connectivity index (χ3n) is 5.37. The van der Waals surface area contributed by atoms with Crippen LogP contribution in [0.2, 0.25) is 13.3 Å². The van der Waals surface area contributed by atoms with Gasteiger partial charge in [0.1, 0.15) is 0 Å². The molecule has 0 saturated carbocycles. The Bertz CT molecular complexity index is 320. The third-order valence-corrected chi connectivity index (χ3v) is 15.9. The second-order valence-electron chi connectivity index (χ2n) is 8.66. The summed E-state index contributed by atoms with van der Waals surface area (Å²) in [5, 5.41) is 19.7. The van der Waals surface area contributed by atoms with E-state index in [1.165, 1.54) is 38.5 Å². The number of aliphatic carboxylic acids is 2. The Morgan fingerprint density at radius 2 is 0.774 bits per heavy atom. The van der Waals surface area contributed by atoms with Crippen LogP contribution in [0.25, 0.3) is 0 Å². The van der Waals surface area contributed by atoms with E-state index in [1.54, 1.807) is 13.3 Å². The standard InChI is InChI=1S/2C7H14O2.3C4H9.Sn.H/c2*1-2-3-4-5-6-7(8)9;3*1-3-4-2;;/h2*2-6H2,1H3,(H,8,9);3*1,3-4H2,2H3;;/q;;;;;+2;/p-2. The molecule has 2 radical (unpaired) electrons. The first kappa shape index (κ1) is 35.3. The molecule has 0 spiro atoms.